The molecule has 136 valence electrons. The van der Waals surface area contributed by atoms with Gasteiger partial charge in [-0.05, 0) is 58.1 Å². The maximum Gasteiger partial charge on any atom is 0.495 e. The second kappa shape index (κ2) is 5.17. The van der Waals surface area contributed by atoms with Crippen LogP contribution in [-0.2, 0) is 15.2 Å². The number of hydrogen-bond acceptors (Lipinski definition) is 2. The molecule has 5 heteroatoms. The Morgan fingerprint density at radius 3 is 2.00 bits per heavy atom. The summed E-state index contributed by atoms with van der Waals surface area (Å²) in [6.45, 7) is 11.6. The third kappa shape index (κ3) is 2.30. The highest BCUT2D eigenvalue weighted by Gasteiger charge is 2.55. The van der Waals surface area contributed by atoms with Gasteiger partial charge in [0.2, 0.25) is 0 Å². The van der Waals surface area contributed by atoms with Gasteiger partial charge in [-0.2, -0.15) is 8.78 Å². The highest BCUT2D eigenvalue weighted by molar-refractivity contribution is 6.63. The Hall–Kier alpha value is -1.72. The van der Waals surface area contributed by atoms with E-state index in [4.69, 9.17) is 9.31 Å². The van der Waals surface area contributed by atoms with E-state index in [0.717, 1.165) is 11.1 Å². The molecule has 1 fully saturated rings. The van der Waals surface area contributed by atoms with Crippen molar-refractivity contribution in [2.45, 2.75) is 58.7 Å². The minimum Gasteiger partial charge on any atom is -0.399 e. The first kappa shape index (κ1) is 17.7. The molecule has 0 amide bonds. The SMILES string of the molecule is Cc1ccc2c(c1)-c1cc(C)cc(B3OC(C)(C)C(C)(C)O3)c1C2(F)F. The van der Waals surface area contributed by atoms with Crippen LogP contribution in [0.2, 0.25) is 0 Å². The molecule has 0 saturated carbocycles. The van der Waals surface area contributed by atoms with Crippen LogP contribution in [0.1, 0.15) is 49.9 Å². The summed E-state index contributed by atoms with van der Waals surface area (Å²) in [5.74, 6) is -3.06. The fourth-order valence-corrected chi connectivity index (χ4v) is 3.82. The molecule has 0 atom stereocenters. The minimum absolute atomic E-state index is 0.0159. The van der Waals surface area contributed by atoms with E-state index in [1.807, 2.05) is 53.7 Å². The molecule has 0 bridgehead atoms. The molecule has 2 aromatic rings. The quantitative estimate of drug-likeness (QED) is 0.689. The van der Waals surface area contributed by atoms with Crippen LogP contribution < -0.4 is 5.46 Å². The molecule has 4 rings (SSSR count). The number of halogens is 2. The normalized spacial score (nSPS) is 21.6. The van der Waals surface area contributed by atoms with E-state index in [1.165, 1.54) is 6.07 Å². The van der Waals surface area contributed by atoms with Gasteiger partial charge in [0, 0.05) is 11.1 Å². The predicted octanol–water partition coefficient (Wildman–Crippen LogP) is 4.72. The van der Waals surface area contributed by atoms with Crippen molar-refractivity contribution in [3.63, 3.8) is 0 Å². The number of alkyl halides is 2. The van der Waals surface area contributed by atoms with Crippen molar-refractivity contribution in [1.82, 2.24) is 0 Å². The van der Waals surface area contributed by atoms with Gasteiger partial charge in [0.1, 0.15) is 0 Å². The number of rotatable bonds is 1. The zero-order chi connectivity index (χ0) is 19.1. The molecular weight excluding hydrogens is 333 g/mol. The molecule has 1 aliphatic carbocycles. The van der Waals surface area contributed by atoms with Gasteiger partial charge >= 0.3 is 7.12 Å². The lowest BCUT2D eigenvalue weighted by atomic mass is 9.73. The number of aryl methyl sites for hydroxylation is 2. The lowest BCUT2D eigenvalue weighted by Gasteiger charge is -2.32. The molecule has 1 aliphatic heterocycles. The molecule has 1 saturated heterocycles. The van der Waals surface area contributed by atoms with E-state index < -0.39 is 24.2 Å². The first-order valence-electron chi connectivity index (χ1n) is 8.94. The zero-order valence-electron chi connectivity index (χ0n) is 16.0. The van der Waals surface area contributed by atoms with Crippen LogP contribution in [0.4, 0.5) is 8.78 Å². The number of benzene rings is 2. The van der Waals surface area contributed by atoms with Crippen molar-refractivity contribution in [1.29, 1.82) is 0 Å². The Morgan fingerprint density at radius 1 is 0.808 bits per heavy atom. The number of hydrogen-bond donors (Lipinski definition) is 0. The van der Waals surface area contributed by atoms with Gasteiger partial charge in [-0.1, -0.05) is 41.5 Å². The molecule has 26 heavy (non-hydrogen) atoms. The highest BCUT2D eigenvalue weighted by Crippen LogP contribution is 2.51. The van der Waals surface area contributed by atoms with Crippen LogP contribution in [0.5, 0.6) is 0 Å². The monoisotopic (exact) mass is 356 g/mol. The van der Waals surface area contributed by atoms with Gasteiger partial charge in [0.25, 0.3) is 5.92 Å². The molecule has 0 N–H and O–H groups in total. The fraction of sp³-hybridized carbons (Fsp3) is 0.429. The van der Waals surface area contributed by atoms with Crippen LogP contribution in [0.25, 0.3) is 11.1 Å². The lowest BCUT2D eigenvalue weighted by molar-refractivity contribution is 0.00578. The molecule has 0 spiro atoms. The Labute approximate surface area is 153 Å². The van der Waals surface area contributed by atoms with Crippen LogP contribution in [0, 0.1) is 13.8 Å². The smallest absolute Gasteiger partial charge is 0.399 e. The largest absolute Gasteiger partial charge is 0.495 e. The molecule has 2 aromatic carbocycles. The molecule has 0 aromatic heterocycles. The van der Waals surface area contributed by atoms with Crippen molar-refractivity contribution in [2.24, 2.45) is 0 Å². The first-order valence-corrected chi connectivity index (χ1v) is 8.94. The molecule has 2 aliphatic rings. The van der Waals surface area contributed by atoms with Gasteiger partial charge < -0.3 is 9.31 Å². The molecule has 1 heterocycles. The van der Waals surface area contributed by atoms with E-state index in [1.54, 1.807) is 12.1 Å². The average molecular weight is 356 g/mol. The van der Waals surface area contributed by atoms with E-state index in [-0.39, 0.29) is 11.1 Å². The maximum atomic E-state index is 15.4. The summed E-state index contributed by atoms with van der Waals surface area (Å²) >= 11 is 0. The van der Waals surface area contributed by atoms with Crippen LogP contribution >= 0.6 is 0 Å². The Kier molecular flexibility index (Phi) is 3.52. The Bertz CT molecular complexity index is 902. The summed E-state index contributed by atoms with van der Waals surface area (Å²) in [7, 11) is -0.810. The van der Waals surface area contributed by atoms with Gasteiger partial charge in [-0.15, -0.1) is 0 Å². The maximum absolute atomic E-state index is 15.4. The van der Waals surface area contributed by atoms with E-state index >= 15 is 8.78 Å². The van der Waals surface area contributed by atoms with Crippen molar-refractivity contribution in [3.8, 4) is 11.1 Å². The summed E-state index contributed by atoms with van der Waals surface area (Å²) in [4.78, 5) is 0. The van der Waals surface area contributed by atoms with E-state index in [2.05, 4.69) is 0 Å². The molecule has 2 nitrogen and oxygen atoms in total. The summed E-state index contributed by atoms with van der Waals surface area (Å²) in [6.07, 6.45) is 0. The standard InChI is InChI=1S/C21H23BF2O2/c1-12-7-8-16-14(9-12)15-10-13(2)11-17(18(15)21(16,23)24)22-25-19(3,4)20(5,6)26-22/h7-11H,1-6H3. The Morgan fingerprint density at radius 2 is 1.38 bits per heavy atom. The third-order valence-corrected chi connectivity index (χ3v) is 5.94. The van der Waals surface area contributed by atoms with Crippen molar-refractivity contribution in [2.75, 3.05) is 0 Å². The van der Waals surface area contributed by atoms with Gasteiger partial charge in [-0.3, -0.25) is 0 Å². The first-order chi connectivity index (χ1) is 11.9. The van der Waals surface area contributed by atoms with Gasteiger partial charge in [0.15, 0.2) is 0 Å². The van der Waals surface area contributed by atoms with Crippen LogP contribution in [0.15, 0.2) is 30.3 Å². The van der Waals surface area contributed by atoms with Gasteiger partial charge in [-0.25, -0.2) is 0 Å². The van der Waals surface area contributed by atoms with Crippen LogP contribution in [-0.4, -0.2) is 18.3 Å². The van der Waals surface area contributed by atoms with Crippen molar-refractivity contribution < 1.29 is 18.1 Å². The lowest BCUT2D eigenvalue weighted by Crippen LogP contribution is -2.41. The van der Waals surface area contributed by atoms with Crippen molar-refractivity contribution in [3.05, 3.63) is 52.6 Å². The average Bonchev–Trinajstić information content (AvgIpc) is 2.86. The summed E-state index contributed by atoms with van der Waals surface area (Å²) in [6, 6.07) is 8.72. The van der Waals surface area contributed by atoms with E-state index in [0.29, 0.717) is 16.6 Å². The summed E-state index contributed by atoms with van der Waals surface area (Å²) in [5.41, 5.74) is 2.41. The molecular formula is C21H23BF2O2. The molecule has 0 unspecified atom stereocenters. The molecule has 0 radical (unpaired) electrons. The van der Waals surface area contributed by atoms with Crippen LogP contribution in [0.3, 0.4) is 0 Å². The van der Waals surface area contributed by atoms with Crippen molar-refractivity contribution >= 4 is 12.6 Å². The summed E-state index contributed by atoms with van der Waals surface area (Å²) < 4.78 is 42.9. The number of fused-ring (bicyclic) bond motifs is 3. The second-order valence-electron chi connectivity index (χ2n) is 8.49. The zero-order valence-corrected chi connectivity index (χ0v) is 16.0. The second-order valence-corrected chi connectivity index (χ2v) is 8.49. The highest BCUT2D eigenvalue weighted by atomic mass is 19.3. The predicted molar refractivity (Wildman–Crippen MR) is 100 cm³/mol. The summed E-state index contributed by atoms with van der Waals surface area (Å²) in [5, 5.41) is 0. The topological polar surface area (TPSA) is 18.5 Å². The van der Waals surface area contributed by atoms with Gasteiger partial charge in [0.05, 0.1) is 11.2 Å². The third-order valence-electron chi connectivity index (χ3n) is 5.94. The Balaban J connectivity index is 1.94. The van der Waals surface area contributed by atoms with E-state index in [9.17, 15) is 0 Å². The fourth-order valence-electron chi connectivity index (χ4n) is 3.82. The minimum atomic E-state index is -3.06.